The molecule has 31 heavy (non-hydrogen) atoms. The molecule has 160 valence electrons. The SMILES string of the molecule is FC(F)(F)O[C@H]1CC[C@@H](Nc2ncc3c(-c4cnc5nccnc5c4)ccn3n2)CC1. The van der Waals surface area contributed by atoms with Crippen molar-refractivity contribution in [1.82, 2.24) is 29.5 Å². The van der Waals surface area contributed by atoms with Crippen LogP contribution in [0.5, 0.6) is 0 Å². The van der Waals surface area contributed by atoms with Crippen LogP contribution in [-0.4, -0.2) is 48.1 Å². The Morgan fingerprint density at radius 1 is 1.00 bits per heavy atom. The standard InChI is InChI=1S/C20H18F3N7O/c21-20(22,23)31-14-3-1-13(2-4-14)28-19-27-11-17-15(5-8-30(17)29-19)12-9-16-18(26-10-12)25-7-6-24-16/h5-11,13-14H,1-4H2,(H,28,29)/t13-,14+. The van der Waals surface area contributed by atoms with Gasteiger partial charge in [0.1, 0.15) is 5.52 Å². The Morgan fingerprint density at radius 3 is 2.61 bits per heavy atom. The second-order valence-electron chi connectivity index (χ2n) is 7.45. The van der Waals surface area contributed by atoms with Crippen LogP contribution in [0.3, 0.4) is 0 Å². The van der Waals surface area contributed by atoms with Crippen LogP contribution in [0.1, 0.15) is 25.7 Å². The summed E-state index contributed by atoms with van der Waals surface area (Å²) in [4.78, 5) is 17.2. The largest absolute Gasteiger partial charge is 0.522 e. The van der Waals surface area contributed by atoms with Crippen LogP contribution in [0.25, 0.3) is 27.8 Å². The number of fused-ring (bicyclic) bond motifs is 2. The van der Waals surface area contributed by atoms with Crippen molar-refractivity contribution in [1.29, 1.82) is 0 Å². The van der Waals surface area contributed by atoms with Crippen LogP contribution in [0, 0.1) is 0 Å². The molecule has 0 amide bonds. The Labute approximate surface area is 174 Å². The zero-order valence-corrected chi connectivity index (χ0v) is 16.3. The molecule has 0 aliphatic heterocycles. The maximum absolute atomic E-state index is 12.4. The number of pyridine rings is 1. The average Bonchev–Trinajstić information content (AvgIpc) is 3.17. The van der Waals surface area contributed by atoms with Gasteiger partial charge in [-0.15, -0.1) is 18.3 Å². The van der Waals surface area contributed by atoms with Gasteiger partial charge in [-0.1, -0.05) is 0 Å². The highest BCUT2D eigenvalue weighted by atomic mass is 19.4. The molecule has 0 spiro atoms. The summed E-state index contributed by atoms with van der Waals surface area (Å²) in [6.45, 7) is 0. The molecule has 5 rings (SSSR count). The Balaban J connectivity index is 1.30. The van der Waals surface area contributed by atoms with Crippen molar-refractivity contribution in [2.45, 2.75) is 44.2 Å². The molecule has 1 aliphatic rings. The fourth-order valence-electron chi connectivity index (χ4n) is 3.91. The third-order valence-electron chi connectivity index (χ3n) is 5.36. The van der Waals surface area contributed by atoms with Crippen LogP contribution >= 0.6 is 0 Å². The molecule has 0 atom stereocenters. The molecule has 1 saturated carbocycles. The summed E-state index contributed by atoms with van der Waals surface area (Å²) in [7, 11) is 0. The van der Waals surface area contributed by atoms with Gasteiger partial charge in [-0.25, -0.2) is 19.5 Å². The lowest BCUT2D eigenvalue weighted by atomic mass is 9.93. The maximum Gasteiger partial charge on any atom is 0.522 e. The number of nitrogens with zero attached hydrogens (tertiary/aromatic N) is 6. The van der Waals surface area contributed by atoms with Gasteiger partial charge in [0.05, 0.1) is 17.8 Å². The number of halogens is 3. The Bertz CT molecular complexity index is 1220. The van der Waals surface area contributed by atoms with Gasteiger partial charge in [-0.2, -0.15) is 0 Å². The Hall–Kier alpha value is -3.34. The van der Waals surface area contributed by atoms with Crippen LogP contribution in [-0.2, 0) is 4.74 Å². The van der Waals surface area contributed by atoms with Gasteiger partial charge in [-0.3, -0.25) is 9.72 Å². The minimum Gasteiger partial charge on any atom is -0.350 e. The highest BCUT2D eigenvalue weighted by molar-refractivity contribution is 5.84. The first-order chi connectivity index (χ1) is 14.9. The summed E-state index contributed by atoms with van der Waals surface area (Å²) in [5, 5.41) is 7.71. The second kappa shape index (κ2) is 7.73. The number of ether oxygens (including phenoxy) is 1. The Morgan fingerprint density at radius 2 is 1.81 bits per heavy atom. The zero-order chi connectivity index (χ0) is 21.4. The predicted molar refractivity (Wildman–Crippen MR) is 106 cm³/mol. The summed E-state index contributed by atoms with van der Waals surface area (Å²) in [6, 6.07) is 3.84. The van der Waals surface area contributed by atoms with E-state index in [1.54, 1.807) is 29.3 Å². The first-order valence-corrected chi connectivity index (χ1v) is 9.87. The van der Waals surface area contributed by atoms with Gasteiger partial charge < -0.3 is 5.32 Å². The molecular weight excluding hydrogens is 411 g/mol. The molecule has 0 unspecified atom stereocenters. The van der Waals surface area contributed by atoms with Crippen LogP contribution in [0.15, 0.2) is 43.1 Å². The third-order valence-corrected chi connectivity index (χ3v) is 5.36. The fraction of sp³-hybridized carbons (Fsp3) is 0.350. The molecule has 1 N–H and O–H groups in total. The number of hydrogen-bond donors (Lipinski definition) is 1. The summed E-state index contributed by atoms with van der Waals surface area (Å²) in [5.41, 5.74) is 3.87. The van der Waals surface area contributed by atoms with E-state index < -0.39 is 12.5 Å². The molecule has 0 radical (unpaired) electrons. The fourth-order valence-corrected chi connectivity index (χ4v) is 3.91. The lowest BCUT2D eigenvalue weighted by molar-refractivity contribution is -0.345. The summed E-state index contributed by atoms with van der Waals surface area (Å²) in [6.07, 6.45) is 4.92. The smallest absolute Gasteiger partial charge is 0.350 e. The van der Waals surface area contributed by atoms with E-state index in [1.165, 1.54) is 0 Å². The van der Waals surface area contributed by atoms with E-state index in [9.17, 15) is 13.2 Å². The molecule has 1 aliphatic carbocycles. The van der Waals surface area contributed by atoms with Gasteiger partial charge in [0.25, 0.3) is 0 Å². The number of alkyl halides is 3. The second-order valence-corrected chi connectivity index (χ2v) is 7.45. The summed E-state index contributed by atoms with van der Waals surface area (Å²) >= 11 is 0. The van der Waals surface area contributed by atoms with Crippen LogP contribution < -0.4 is 5.32 Å². The van der Waals surface area contributed by atoms with Crippen molar-refractivity contribution in [2.75, 3.05) is 5.32 Å². The van der Waals surface area contributed by atoms with Gasteiger partial charge in [0, 0.05) is 42.0 Å². The van der Waals surface area contributed by atoms with Crippen molar-refractivity contribution in [3.8, 4) is 11.1 Å². The zero-order valence-electron chi connectivity index (χ0n) is 16.3. The predicted octanol–water partition coefficient (Wildman–Crippen LogP) is 3.99. The molecule has 0 saturated heterocycles. The first-order valence-electron chi connectivity index (χ1n) is 9.87. The number of anilines is 1. The normalized spacial score (nSPS) is 19.7. The average molecular weight is 429 g/mol. The molecule has 0 bridgehead atoms. The quantitative estimate of drug-likeness (QED) is 0.525. The molecular formula is C20H18F3N7O. The lowest BCUT2D eigenvalue weighted by Crippen LogP contribution is -2.33. The molecule has 4 heterocycles. The number of rotatable bonds is 4. The number of hydrogen-bond acceptors (Lipinski definition) is 7. The Kier molecular flexibility index (Phi) is 4.89. The van der Waals surface area contributed by atoms with E-state index in [2.05, 4.69) is 35.1 Å². The van der Waals surface area contributed by atoms with Crippen molar-refractivity contribution < 1.29 is 17.9 Å². The van der Waals surface area contributed by atoms with Crippen molar-refractivity contribution in [3.05, 3.63) is 43.1 Å². The highest BCUT2D eigenvalue weighted by Crippen LogP contribution is 2.30. The van der Waals surface area contributed by atoms with Crippen molar-refractivity contribution in [2.24, 2.45) is 0 Å². The van der Waals surface area contributed by atoms with E-state index in [4.69, 9.17) is 0 Å². The first kappa shape index (κ1) is 19.6. The van der Waals surface area contributed by atoms with Gasteiger partial charge in [0.2, 0.25) is 5.95 Å². The number of aromatic nitrogens is 6. The molecule has 11 heteroatoms. The van der Waals surface area contributed by atoms with Gasteiger partial charge in [-0.05, 0) is 37.8 Å². The maximum atomic E-state index is 12.4. The van der Waals surface area contributed by atoms with Gasteiger partial charge in [0.15, 0.2) is 5.65 Å². The summed E-state index contributed by atoms with van der Waals surface area (Å²) in [5.74, 6) is 0.428. The van der Waals surface area contributed by atoms with E-state index in [-0.39, 0.29) is 6.04 Å². The molecule has 8 nitrogen and oxygen atoms in total. The molecule has 1 fully saturated rings. The molecule has 4 aromatic heterocycles. The summed E-state index contributed by atoms with van der Waals surface area (Å²) < 4.78 is 42.9. The van der Waals surface area contributed by atoms with E-state index in [0.717, 1.165) is 16.6 Å². The topological polar surface area (TPSA) is 90.1 Å². The molecule has 0 aromatic carbocycles. The highest BCUT2D eigenvalue weighted by Gasteiger charge is 2.35. The van der Waals surface area contributed by atoms with Gasteiger partial charge >= 0.3 is 6.36 Å². The van der Waals surface area contributed by atoms with E-state index >= 15 is 0 Å². The van der Waals surface area contributed by atoms with Crippen molar-refractivity contribution >= 4 is 22.6 Å². The monoisotopic (exact) mass is 429 g/mol. The number of nitrogens with one attached hydrogen (secondary N) is 1. The van der Waals surface area contributed by atoms with Crippen molar-refractivity contribution in [3.63, 3.8) is 0 Å². The minimum atomic E-state index is -4.58. The lowest BCUT2D eigenvalue weighted by Gasteiger charge is -2.29. The van der Waals surface area contributed by atoms with E-state index in [1.807, 2.05) is 18.3 Å². The van der Waals surface area contributed by atoms with Crippen LogP contribution in [0.2, 0.25) is 0 Å². The van der Waals surface area contributed by atoms with Crippen LogP contribution in [0.4, 0.5) is 19.1 Å². The van der Waals surface area contributed by atoms with E-state index in [0.29, 0.717) is 42.8 Å². The minimum absolute atomic E-state index is 0.00354. The molecule has 4 aromatic rings. The third kappa shape index (κ3) is 4.26.